The molecule has 2 aliphatic carbocycles. The van der Waals surface area contributed by atoms with E-state index < -0.39 is 88.6 Å². The first-order valence-electron chi connectivity index (χ1n) is 13.1. The molecule has 12 heteroatoms. The fraction of sp³-hybridized carbons (Fsp3) is 0.679. The average molecular weight is 585 g/mol. The summed E-state index contributed by atoms with van der Waals surface area (Å²) in [5.74, 6) is -5.92. The molecule has 1 saturated heterocycles. The molecule has 0 aromatic carbocycles. The summed E-state index contributed by atoms with van der Waals surface area (Å²) < 4.78 is 28.6. The maximum absolute atomic E-state index is 12.9. The van der Waals surface area contributed by atoms with Gasteiger partial charge in [-0.25, -0.2) is 0 Å². The van der Waals surface area contributed by atoms with Gasteiger partial charge >= 0.3 is 29.8 Å². The number of aliphatic hydroxyl groups is 1. The third-order valence-corrected chi connectivity index (χ3v) is 8.85. The van der Waals surface area contributed by atoms with Crippen molar-refractivity contribution in [3.05, 3.63) is 24.3 Å². The highest BCUT2D eigenvalue weighted by molar-refractivity contribution is 6.23. The van der Waals surface area contributed by atoms with Gasteiger partial charge in [0.05, 0.1) is 16.7 Å². The fourth-order valence-corrected chi connectivity index (χ4v) is 6.93. The second-order valence-corrected chi connectivity index (χ2v) is 11.5. The van der Waals surface area contributed by atoms with E-state index in [4.69, 9.17) is 35.3 Å². The predicted octanol–water partition coefficient (Wildman–Crippen LogP) is 2.55. The summed E-state index contributed by atoms with van der Waals surface area (Å²) >= 11 is 6.74. The molecule has 3 rings (SSSR count). The Morgan fingerprint density at radius 3 is 1.98 bits per heavy atom. The van der Waals surface area contributed by atoms with E-state index in [1.54, 1.807) is 6.92 Å². The molecule has 1 aliphatic heterocycles. The van der Waals surface area contributed by atoms with Crippen molar-refractivity contribution in [2.24, 2.45) is 17.3 Å². The van der Waals surface area contributed by atoms with Gasteiger partial charge in [-0.15, -0.1) is 11.6 Å². The van der Waals surface area contributed by atoms with E-state index >= 15 is 0 Å². The summed E-state index contributed by atoms with van der Waals surface area (Å²) in [6, 6.07) is 0. The highest BCUT2D eigenvalue weighted by Gasteiger charge is 2.70. The predicted molar refractivity (Wildman–Crippen MR) is 140 cm³/mol. The second kappa shape index (κ2) is 11.5. The van der Waals surface area contributed by atoms with Crippen LogP contribution in [-0.4, -0.2) is 76.5 Å². The Morgan fingerprint density at radius 2 is 1.45 bits per heavy atom. The second-order valence-electron chi connectivity index (χ2n) is 11.1. The first-order chi connectivity index (χ1) is 18.5. The van der Waals surface area contributed by atoms with Crippen molar-refractivity contribution in [2.45, 2.75) is 102 Å². The summed E-state index contributed by atoms with van der Waals surface area (Å²) in [6.45, 7) is 16.0. The molecule has 0 aromatic heterocycles. The molecule has 0 amide bonds. The van der Waals surface area contributed by atoms with Crippen molar-refractivity contribution in [3.63, 3.8) is 0 Å². The summed E-state index contributed by atoms with van der Waals surface area (Å²) in [5, 5.41) is 11.3. The molecule has 1 heterocycles. The number of esters is 5. The van der Waals surface area contributed by atoms with Crippen molar-refractivity contribution < 1.29 is 52.8 Å². The number of halogens is 1. The third kappa shape index (κ3) is 5.50. The van der Waals surface area contributed by atoms with Crippen LogP contribution in [0.1, 0.15) is 60.8 Å². The topological polar surface area (TPSA) is 152 Å². The van der Waals surface area contributed by atoms with Gasteiger partial charge in [0.25, 0.3) is 0 Å². The number of carbonyl (C=O) groups excluding carboxylic acids is 5. The Labute approximate surface area is 238 Å². The minimum absolute atomic E-state index is 0.0523. The molecule has 1 N–H and O–H groups in total. The van der Waals surface area contributed by atoms with Crippen LogP contribution in [0.15, 0.2) is 24.3 Å². The van der Waals surface area contributed by atoms with Crippen LogP contribution < -0.4 is 0 Å². The Morgan fingerprint density at radius 1 is 0.925 bits per heavy atom. The van der Waals surface area contributed by atoms with Crippen molar-refractivity contribution in [1.29, 1.82) is 0 Å². The maximum Gasteiger partial charge on any atom is 0.312 e. The van der Waals surface area contributed by atoms with Gasteiger partial charge < -0.3 is 28.8 Å². The molecule has 11 nitrogen and oxygen atoms in total. The van der Waals surface area contributed by atoms with E-state index in [0.717, 1.165) is 6.92 Å². The summed E-state index contributed by atoms with van der Waals surface area (Å²) in [4.78, 5) is 62.4. The van der Waals surface area contributed by atoms with Crippen molar-refractivity contribution >= 4 is 41.4 Å². The van der Waals surface area contributed by atoms with Crippen molar-refractivity contribution in [1.82, 2.24) is 0 Å². The molecular weight excluding hydrogens is 548 g/mol. The lowest BCUT2D eigenvalue weighted by atomic mass is 9.54. The van der Waals surface area contributed by atoms with E-state index in [0.29, 0.717) is 11.1 Å². The highest BCUT2D eigenvalue weighted by atomic mass is 35.5. The van der Waals surface area contributed by atoms with Crippen LogP contribution in [-0.2, 0) is 47.7 Å². The molecular formula is C28H37ClO11. The summed E-state index contributed by atoms with van der Waals surface area (Å²) in [7, 11) is 0. The molecule has 3 fully saturated rings. The van der Waals surface area contributed by atoms with Gasteiger partial charge in [-0.2, -0.15) is 0 Å². The van der Waals surface area contributed by atoms with Crippen LogP contribution >= 0.6 is 11.6 Å². The molecule has 2 saturated carbocycles. The monoisotopic (exact) mass is 584 g/mol. The number of alkyl halides is 1. The molecule has 8 unspecified atom stereocenters. The quantitative estimate of drug-likeness (QED) is 0.224. The van der Waals surface area contributed by atoms with Crippen LogP contribution in [0.25, 0.3) is 0 Å². The number of carbonyl (C=O) groups is 5. The van der Waals surface area contributed by atoms with E-state index in [1.807, 2.05) is 0 Å². The van der Waals surface area contributed by atoms with Crippen LogP contribution in [0, 0.1) is 17.3 Å². The number of ether oxygens (including phenoxy) is 5. The van der Waals surface area contributed by atoms with E-state index in [1.165, 1.54) is 27.7 Å². The smallest absolute Gasteiger partial charge is 0.312 e. The minimum atomic E-state index is -2.21. The number of hydrogen-bond donors (Lipinski definition) is 1. The number of hydrogen-bond acceptors (Lipinski definition) is 11. The lowest BCUT2D eigenvalue weighted by molar-refractivity contribution is -0.237. The average Bonchev–Trinajstić information content (AvgIpc) is 3.06. The number of fused-ring (bicyclic) bond motifs is 2. The van der Waals surface area contributed by atoms with Gasteiger partial charge in [0.1, 0.15) is 24.4 Å². The zero-order valence-electron chi connectivity index (χ0n) is 23.6. The molecule has 10 atom stereocenters. The Balaban J connectivity index is 2.41. The van der Waals surface area contributed by atoms with Gasteiger partial charge in [0, 0.05) is 40.0 Å². The normalized spacial score (nSPS) is 39.6. The van der Waals surface area contributed by atoms with E-state index in [9.17, 15) is 29.1 Å². The Bertz CT molecular complexity index is 1120. The molecule has 0 radical (unpaired) electrons. The van der Waals surface area contributed by atoms with Gasteiger partial charge in [-0.1, -0.05) is 31.2 Å². The largest absolute Gasteiger partial charge is 0.462 e. The van der Waals surface area contributed by atoms with E-state index in [-0.39, 0.29) is 19.3 Å². The van der Waals surface area contributed by atoms with Gasteiger partial charge in [-0.05, 0) is 19.8 Å². The van der Waals surface area contributed by atoms with Crippen LogP contribution in [0.4, 0.5) is 0 Å². The zero-order chi connectivity index (χ0) is 30.3. The van der Waals surface area contributed by atoms with E-state index in [2.05, 4.69) is 13.2 Å². The summed E-state index contributed by atoms with van der Waals surface area (Å²) in [6.07, 6.45) is -6.07. The Hall–Kier alpha value is -2.92. The SMILES string of the molecule is C=C1CCC(OC(C)=O)[C@@]2(C)C(OC(C)=O)C(OC(C)=O)CC(=C)C2C(OC(C)=O)[C@@]2(O)C(C)C(=O)OC2C1Cl. The van der Waals surface area contributed by atoms with Crippen LogP contribution in [0.2, 0.25) is 0 Å². The Kier molecular flexibility index (Phi) is 9.10. The highest BCUT2D eigenvalue weighted by Crippen LogP contribution is 2.57. The molecule has 0 spiro atoms. The molecule has 0 aromatic rings. The first-order valence-corrected chi connectivity index (χ1v) is 13.5. The zero-order valence-corrected chi connectivity index (χ0v) is 24.3. The van der Waals surface area contributed by atoms with Crippen LogP contribution in [0.3, 0.4) is 0 Å². The number of rotatable bonds is 4. The van der Waals surface area contributed by atoms with Gasteiger partial charge in [-0.3, -0.25) is 24.0 Å². The fourth-order valence-electron chi connectivity index (χ4n) is 6.56. The van der Waals surface area contributed by atoms with Crippen molar-refractivity contribution in [3.8, 4) is 0 Å². The van der Waals surface area contributed by atoms with Crippen molar-refractivity contribution in [2.75, 3.05) is 0 Å². The maximum atomic E-state index is 12.9. The molecule has 0 bridgehead atoms. The summed E-state index contributed by atoms with van der Waals surface area (Å²) in [5.41, 5.74) is -3.02. The van der Waals surface area contributed by atoms with Gasteiger partial charge in [0.2, 0.25) is 0 Å². The van der Waals surface area contributed by atoms with Crippen LogP contribution in [0.5, 0.6) is 0 Å². The minimum Gasteiger partial charge on any atom is -0.462 e. The molecule has 3 aliphatic rings. The first kappa shape index (κ1) is 31.6. The lowest BCUT2D eigenvalue weighted by Gasteiger charge is -2.57. The standard InChI is InChI=1S/C28H37ClO11/c1-12-9-10-20(37-16(5)31)27(8)21(13(2)11-19(36-15(4)30)23(27)38-17(6)32)24(39-18(7)33)28(35)14(3)26(34)40-25(28)22(12)29/h14,19-25,35H,1-2,9-11H2,3-8H3/t14?,19?,20?,21?,22?,23?,24?,25?,27-,28+/m1/s1. The lowest BCUT2D eigenvalue weighted by Crippen LogP contribution is -2.69. The third-order valence-electron chi connectivity index (χ3n) is 8.32. The van der Waals surface area contributed by atoms with Gasteiger partial charge in [0.15, 0.2) is 11.7 Å². The molecule has 222 valence electrons. The molecule has 40 heavy (non-hydrogen) atoms.